The molecule has 0 bridgehead atoms. The number of nitrogen functional groups attached to an aromatic ring is 1. The average Bonchev–Trinajstić information content (AvgIpc) is 3.06. The van der Waals surface area contributed by atoms with Gasteiger partial charge in [-0.1, -0.05) is 37.3 Å². The van der Waals surface area contributed by atoms with E-state index in [-0.39, 0.29) is 23.2 Å². The molecule has 2 aromatic carbocycles. The molecule has 2 aromatic heterocycles. The van der Waals surface area contributed by atoms with Crippen molar-refractivity contribution in [2.75, 3.05) is 62.1 Å². The lowest BCUT2D eigenvalue weighted by Crippen LogP contribution is -2.59. The van der Waals surface area contributed by atoms with Crippen LogP contribution in [0.4, 0.5) is 26.0 Å². The zero-order chi connectivity index (χ0) is 32.5. The van der Waals surface area contributed by atoms with E-state index in [1.807, 2.05) is 23.1 Å². The molecule has 1 amide bonds. The van der Waals surface area contributed by atoms with Gasteiger partial charge in [-0.2, -0.15) is 5.26 Å². The quantitative estimate of drug-likeness (QED) is 0.166. The fourth-order valence-electron chi connectivity index (χ4n) is 6.48. The molecule has 238 valence electrons. The first kappa shape index (κ1) is 31.1. The van der Waals surface area contributed by atoms with Crippen molar-refractivity contribution < 1.29 is 13.6 Å². The van der Waals surface area contributed by atoms with Crippen LogP contribution < -0.4 is 21.5 Å². The summed E-state index contributed by atoms with van der Waals surface area (Å²) in [6.45, 7) is 4.51. The standard InChI is InChI=1S/C34H37F2N9O/c1-3-42(2)24-19-44(20-24)34-30(38)33(45(39)23-12-15-43(16-13-23)27(46)11-6-14-35)26-18-40-31(29(36)32(26)41-34)25-10-5-8-21-7-4-9-22(17-37)28(21)25/h4-11,18,23-24H,3,12-16,19-20,38-39H2,1-2H3/b11-6+. The number of likely N-dealkylation sites (tertiary alicyclic amines) is 1. The highest BCUT2D eigenvalue weighted by Crippen LogP contribution is 2.43. The van der Waals surface area contributed by atoms with Crippen molar-refractivity contribution in [1.29, 1.82) is 5.26 Å². The molecule has 4 aromatic rings. The van der Waals surface area contributed by atoms with Gasteiger partial charge in [-0.25, -0.2) is 19.6 Å². The summed E-state index contributed by atoms with van der Waals surface area (Å²) in [4.78, 5) is 27.7. The van der Waals surface area contributed by atoms with Crippen molar-refractivity contribution in [3.8, 4) is 17.3 Å². The highest BCUT2D eigenvalue weighted by molar-refractivity contribution is 6.05. The van der Waals surface area contributed by atoms with Gasteiger partial charge in [0.2, 0.25) is 5.91 Å². The molecule has 2 fully saturated rings. The molecule has 0 saturated carbocycles. The number of anilines is 3. The number of nitrogens with two attached hydrogens (primary N) is 2. The molecule has 4 N–H and O–H groups in total. The van der Waals surface area contributed by atoms with Gasteiger partial charge >= 0.3 is 0 Å². The number of allylic oxidation sites excluding steroid dienone is 1. The van der Waals surface area contributed by atoms with Crippen LogP contribution in [-0.2, 0) is 4.79 Å². The predicted molar refractivity (Wildman–Crippen MR) is 177 cm³/mol. The summed E-state index contributed by atoms with van der Waals surface area (Å²) in [6.07, 6.45) is 5.08. The van der Waals surface area contributed by atoms with Gasteiger partial charge in [0.25, 0.3) is 0 Å². The fraction of sp³-hybridized carbons (Fsp3) is 0.353. The molecule has 10 nitrogen and oxygen atoms in total. The summed E-state index contributed by atoms with van der Waals surface area (Å²) in [5.74, 6) is 6.40. The Balaban J connectivity index is 1.44. The number of nitrogens with zero attached hydrogens (tertiary/aromatic N) is 7. The van der Waals surface area contributed by atoms with Crippen LogP contribution in [0.3, 0.4) is 0 Å². The third-order valence-corrected chi connectivity index (χ3v) is 9.30. The van der Waals surface area contributed by atoms with Gasteiger partial charge in [0.1, 0.15) is 23.6 Å². The molecular formula is C34H37F2N9O. The Morgan fingerprint density at radius 1 is 1.17 bits per heavy atom. The number of amides is 1. The van der Waals surface area contributed by atoms with Crippen molar-refractivity contribution in [3.05, 3.63) is 66.1 Å². The maximum Gasteiger partial charge on any atom is 0.246 e. The molecule has 2 saturated heterocycles. The van der Waals surface area contributed by atoms with E-state index >= 15 is 4.39 Å². The van der Waals surface area contributed by atoms with E-state index in [0.717, 1.165) is 11.9 Å². The van der Waals surface area contributed by atoms with Gasteiger partial charge in [-0.3, -0.25) is 9.78 Å². The van der Waals surface area contributed by atoms with Crippen LogP contribution in [-0.4, -0.2) is 84.2 Å². The lowest BCUT2D eigenvalue weighted by Gasteiger charge is -2.45. The molecule has 46 heavy (non-hydrogen) atoms. The number of hydrogen-bond acceptors (Lipinski definition) is 9. The minimum atomic E-state index is -0.700. The number of nitriles is 1. The Kier molecular flexibility index (Phi) is 8.71. The number of benzene rings is 2. The lowest BCUT2D eigenvalue weighted by molar-refractivity contribution is -0.127. The summed E-state index contributed by atoms with van der Waals surface area (Å²) >= 11 is 0. The molecule has 0 radical (unpaired) electrons. The largest absolute Gasteiger partial charge is 0.394 e. The number of pyridine rings is 2. The van der Waals surface area contributed by atoms with Crippen LogP contribution in [0.2, 0.25) is 0 Å². The number of hydrazine groups is 1. The van der Waals surface area contributed by atoms with Crippen LogP contribution in [0, 0.1) is 17.1 Å². The third kappa shape index (κ3) is 5.46. The zero-order valence-corrected chi connectivity index (χ0v) is 26.0. The average molecular weight is 626 g/mol. The van der Waals surface area contributed by atoms with E-state index in [2.05, 4.69) is 29.9 Å². The van der Waals surface area contributed by atoms with Crippen LogP contribution in [0.15, 0.2) is 54.7 Å². The second-order valence-corrected chi connectivity index (χ2v) is 11.9. The number of alkyl halides is 1. The van der Waals surface area contributed by atoms with Gasteiger partial charge in [0.05, 0.1) is 17.3 Å². The minimum absolute atomic E-state index is 0.0823. The Hall–Kier alpha value is -4.86. The van der Waals surface area contributed by atoms with E-state index in [1.54, 1.807) is 34.3 Å². The fourth-order valence-corrected chi connectivity index (χ4v) is 6.48. The van der Waals surface area contributed by atoms with Crippen molar-refractivity contribution in [3.63, 3.8) is 0 Å². The number of aromatic nitrogens is 2. The summed E-state index contributed by atoms with van der Waals surface area (Å²) < 4.78 is 29.3. The second kappa shape index (κ2) is 12.9. The molecular weight excluding hydrogens is 588 g/mol. The monoisotopic (exact) mass is 625 g/mol. The smallest absolute Gasteiger partial charge is 0.246 e. The molecule has 6 rings (SSSR count). The number of piperidine rings is 1. The maximum atomic E-state index is 16.8. The highest BCUT2D eigenvalue weighted by Gasteiger charge is 2.35. The molecule has 0 spiro atoms. The number of halogens is 2. The SMILES string of the molecule is CCN(C)C1CN(c2nc3c(F)c(-c4cccc5cccc(C#N)c45)ncc3c(N(N)C3CCN(C(=O)/C=C/CF)CC3)c2N)C1. The summed E-state index contributed by atoms with van der Waals surface area (Å²) in [5, 5.41) is 13.2. The number of rotatable bonds is 8. The first-order valence-electron chi connectivity index (χ1n) is 15.5. The van der Waals surface area contributed by atoms with E-state index < -0.39 is 12.5 Å². The Labute approximate surface area is 266 Å². The second-order valence-electron chi connectivity index (χ2n) is 11.9. The first-order chi connectivity index (χ1) is 22.3. The number of carbonyl (C=O) groups is 1. The predicted octanol–water partition coefficient (Wildman–Crippen LogP) is 4.38. The number of fused-ring (bicyclic) bond motifs is 2. The topological polar surface area (TPSA) is 132 Å². The van der Waals surface area contributed by atoms with Crippen molar-refractivity contribution in [2.45, 2.75) is 31.8 Å². The van der Waals surface area contributed by atoms with Gasteiger partial charge in [-0.05, 0) is 44.0 Å². The highest BCUT2D eigenvalue weighted by atomic mass is 19.1. The molecule has 0 unspecified atom stereocenters. The molecule has 2 aliphatic rings. The number of likely N-dealkylation sites (N-methyl/N-ethyl adjacent to an activating group) is 1. The van der Waals surface area contributed by atoms with Crippen LogP contribution in [0.5, 0.6) is 0 Å². The van der Waals surface area contributed by atoms with E-state index in [1.165, 1.54) is 12.2 Å². The zero-order valence-electron chi connectivity index (χ0n) is 26.0. The van der Waals surface area contributed by atoms with Crippen molar-refractivity contribution in [1.82, 2.24) is 19.8 Å². The van der Waals surface area contributed by atoms with E-state index in [0.29, 0.717) is 84.2 Å². The van der Waals surface area contributed by atoms with Crippen molar-refractivity contribution in [2.24, 2.45) is 5.84 Å². The van der Waals surface area contributed by atoms with Crippen LogP contribution >= 0.6 is 0 Å². The molecule has 2 aliphatic heterocycles. The number of hydrogen-bond donors (Lipinski definition) is 2. The normalized spacial score (nSPS) is 16.0. The van der Waals surface area contributed by atoms with E-state index in [9.17, 15) is 14.4 Å². The molecule has 0 atom stereocenters. The Bertz CT molecular complexity index is 1850. The van der Waals surface area contributed by atoms with Crippen molar-refractivity contribution >= 4 is 44.8 Å². The van der Waals surface area contributed by atoms with Crippen LogP contribution in [0.25, 0.3) is 32.9 Å². The Morgan fingerprint density at radius 2 is 1.89 bits per heavy atom. The van der Waals surface area contributed by atoms with Gasteiger partial charge in [0.15, 0.2) is 11.6 Å². The Morgan fingerprint density at radius 3 is 2.57 bits per heavy atom. The third-order valence-electron chi connectivity index (χ3n) is 9.30. The number of carbonyl (C=O) groups excluding carboxylic acids is 1. The lowest BCUT2D eigenvalue weighted by atomic mass is 9.96. The van der Waals surface area contributed by atoms with E-state index in [4.69, 9.17) is 16.6 Å². The maximum absolute atomic E-state index is 16.8. The molecule has 12 heteroatoms. The first-order valence-corrected chi connectivity index (χ1v) is 15.5. The van der Waals surface area contributed by atoms with Gasteiger partial charge < -0.3 is 25.4 Å². The van der Waals surface area contributed by atoms with Gasteiger partial charge in [-0.15, -0.1) is 0 Å². The summed E-state index contributed by atoms with van der Waals surface area (Å²) in [6, 6.07) is 13.2. The summed E-state index contributed by atoms with van der Waals surface area (Å²) in [7, 11) is 2.06. The molecule has 4 heterocycles. The summed E-state index contributed by atoms with van der Waals surface area (Å²) in [5.41, 5.74) is 8.68. The minimum Gasteiger partial charge on any atom is -0.394 e. The van der Waals surface area contributed by atoms with Gasteiger partial charge in [0, 0.05) is 66.9 Å². The van der Waals surface area contributed by atoms with Crippen LogP contribution in [0.1, 0.15) is 25.3 Å². The molecule has 0 aliphatic carbocycles.